The molecule has 5 nitrogen and oxygen atoms in total. The highest BCUT2D eigenvalue weighted by Crippen LogP contribution is 2.13. The smallest absolute Gasteiger partial charge is 0.240 e. The molecule has 0 bridgehead atoms. The van der Waals surface area contributed by atoms with Crippen molar-refractivity contribution in [2.75, 3.05) is 39.0 Å². The van der Waals surface area contributed by atoms with E-state index < -0.39 is 10.0 Å². The van der Waals surface area contributed by atoms with Crippen LogP contribution in [0.15, 0.2) is 29.2 Å². The summed E-state index contributed by atoms with van der Waals surface area (Å²) >= 11 is 0. The van der Waals surface area contributed by atoms with E-state index >= 15 is 0 Å². The summed E-state index contributed by atoms with van der Waals surface area (Å²) < 4.78 is 26.6. The van der Waals surface area contributed by atoms with E-state index in [9.17, 15) is 8.42 Å². The minimum Gasteiger partial charge on any atom is -0.385 e. The molecule has 0 aliphatic carbocycles. The number of nitrogens with zero attached hydrogens (tertiary/aromatic N) is 1. The number of rotatable bonds is 8. The van der Waals surface area contributed by atoms with E-state index in [4.69, 9.17) is 0 Å². The molecule has 0 atom stereocenters. The minimum absolute atomic E-state index is 0.299. The number of nitrogens with one attached hydrogen (secondary N) is 2. The van der Waals surface area contributed by atoms with Gasteiger partial charge in [0.2, 0.25) is 10.0 Å². The average molecular weight is 285 g/mol. The molecule has 0 saturated carbocycles. The van der Waals surface area contributed by atoms with Crippen LogP contribution in [0.1, 0.15) is 13.3 Å². The first kappa shape index (κ1) is 15.9. The van der Waals surface area contributed by atoms with Crippen LogP contribution in [0.4, 0.5) is 5.69 Å². The Hall–Kier alpha value is -1.11. The van der Waals surface area contributed by atoms with E-state index in [1.165, 1.54) is 0 Å². The van der Waals surface area contributed by atoms with E-state index in [0.717, 1.165) is 18.7 Å². The fourth-order valence-corrected chi connectivity index (χ4v) is 2.53. The van der Waals surface area contributed by atoms with Crippen LogP contribution in [0.3, 0.4) is 0 Å². The summed E-state index contributed by atoms with van der Waals surface area (Å²) in [6.45, 7) is 4.05. The van der Waals surface area contributed by atoms with Crippen molar-refractivity contribution in [3.63, 3.8) is 0 Å². The van der Waals surface area contributed by atoms with Crippen LogP contribution in [-0.4, -0.2) is 47.0 Å². The molecule has 19 heavy (non-hydrogen) atoms. The van der Waals surface area contributed by atoms with Crippen molar-refractivity contribution in [1.82, 2.24) is 9.62 Å². The lowest BCUT2D eigenvalue weighted by Gasteiger charge is -2.11. The van der Waals surface area contributed by atoms with Gasteiger partial charge in [-0.2, -0.15) is 0 Å². The molecule has 1 aromatic rings. The van der Waals surface area contributed by atoms with Crippen molar-refractivity contribution in [3.8, 4) is 0 Å². The molecule has 6 heteroatoms. The van der Waals surface area contributed by atoms with Gasteiger partial charge in [0, 0.05) is 25.3 Å². The number of anilines is 1. The first-order chi connectivity index (χ1) is 8.95. The largest absolute Gasteiger partial charge is 0.385 e. The topological polar surface area (TPSA) is 61.4 Å². The minimum atomic E-state index is -3.40. The molecular formula is C13H23N3O2S. The zero-order valence-corrected chi connectivity index (χ0v) is 12.6. The van der Waals surface area contributed by atoms with E-state index in [2.05, 4.69) is 17.0 Å². The molecule has 0 amide bonds. The third-order valence-electron chi connectivity index (χ3n) is 2.59. The second kappa shape index (κ2) is 7.47. The number of likely N-dealkylation sites (N-methyl/N-ethyl adjacent to an activating group) is 1. The van der Waals surface area contributed by atoms with E-state index in [1.54, 1.807) is 24.3 Å². The Bertz CT molecular complexity index is 469. The Kier molecular flexibility index (Phi) is 6.27. The van der Waals surface area contributed by atoms with Gasteiger partial charge in [0.05, 0.1) is 4.90 Å². The lowest BCUT2D eigenvalue weighted by Crippen LogP contribution is -2.31. The first-order valence-corrected chi connectivity index (χ1v) is 7.92. The van der Waals surface area contributed by atoms with Crippen LogP contribution in [0.25, 0.3) is 0 Å². The summed E-state index contributed by atoms with van der Waals surface area (Å²) in [6.07, 6.45) is 1.03. The summed E-state index contributed by atoms with van der Waals surface area (Å²) in [5.74, 6) is 0. The fraction of sp³-hybridized carbons (Fsp3) is 0.538. The van der Waals surface area contributed by atoms with Gasteiger partial charge in [0.1, 0.15) is 0 Å². The maximum atomic E-state index is 12.0. The summed E-state index contributed by atoms with van der Waals surface area (Å²) in [6, 6.07) is 6.82. The first-order valence-electron chi connectivity index (χ1n) is 6.44. The SMILES string of the molecule is CCCNc1ccc(S(=O)(=O)NCCN(C)C)cc1. The highest BCUT2D eigenvalue weighted by atomic mass is 32.2. The number of hydrogen-bond donors (Lipinski definition) is 2. The van der Waals surface area contributed by atoms with Crippen molar-refractivity contribution < 1.29 is 8.42 Å². The standard InChI is InChI=1S/C13H23N3O2S/c1-4-9-14-12-5-7-13(8-6-12)19(17,18)15-10-11-16(2)3/h5-8,14-15H,4,9-11H2,1-3H3. The summed E-state index contributed by atoms with van der Waals surface area (Å²) in [5, 5.41) is 3.21. The lowest BCUT2D eigenvalue weighted by molar-refractivity contribution is 0.412. The monoisotopic (exact) mass is 285 g/mol. The lowest BCUT2D eigenvalue weighted by atomic mass is 10.3. The van der Waals surface area contributed by atoms with Gasteiger partial charge in [0.25, 0.3) is 0 Å². The van der Waals surface area contributed by atoms with Crippen molar-refractivity contribution in [2.24, 2.45) is 0 Å². The second-order valence-electron chi connectivity index (χ2n) is 4.65. The molecule has 0 aliphatic rings. The van der Waals surface area contributed by atoms with Crippen molar-refractivity contribution in [1.29, 1.82) is 0 Å². The Morgan fingerprint density at radius 2 is 1.74 bits per heavy atom. The fourth-order valence-electron chi connectivity index (χ4n) is 1.51. The molecule has 0 heterocycles. The Labute approximate surface area is 116 Å². The Balaban J connectivity index is 2.63. The quantitative estimate of drug-likeness (QED) is 0.757. The Morgan fingerprint density at radius 3 is 2.26 bits per heavy atom. The van der Waals surface area contributed by atoms with Gasteiger partial charge in [-0.25, -0.2) is 13.1 Å². The van der Waals surface area contributed by atoms with Crippen LogP contribution in [0.2, 0.25) is 0 Å². The molecule has 0 radical (unpaired) electrons. The van der Waals surface area contributed by atoms with Gasteiger partial charge in [0.15, 0.2) is 0 Å². The molecule has 1 aromatic carbocycles. The van der Waals surface area contributed by atoms with Gasteiger partial charge in [-0.3, -0.25) is 0 Å². The van der Waals surface area contributed by atoms with Crippen LogP contribution >= 0.6 is 0 Å². The highest BCUT2D eigenvalue weighted by molar-refractivity contribution is 7.89. The maximum absolute atomic E-state index is 12.0. The van der Waals surface area contributed by atoms with E-state index in [1.807, 2.05) is 19.0 Å². The number of sulfonamides is 1. The Morgan fingerprint density at radius 1 is 1.11 bits per heavy atom. The summed E-state index contributed by atoms with van der Waals surface area (Å²) in [4.78, 5) is 2.23. The second-order valence-corrected chi connectivity index (χ2v) is 6.42. The molecule has 0 aromatic heterocycles. The van der Waals surface area contributed by atoms with Crippen molar-refractivity contribution >= 4 is 15.7 Å². The molecule has 0 unspecified atom stereocenters. The molecule has 2 N–H and O–H groups in total. The van der Waals surface area contributed by atoms with Crippen molar-refractivity contribution in [2.45, 2.75) is 18.2 Å². The molecule has 0 saturated heterocycles. The van der Waals surface area contributed by atoms with Crippen LogP contribution in [-0.2, 0) is 10.0 Å². The zero-order chi connectivity index (χ0) is 14.3. The molecule has 1 rings (SSSR count). The summed E-state index contributed by atoms with van der Waals surface area (Å²) in [5.41, 5.74) is 0.939. The maximum Gasteiger partial charge on any atom is 0.240 e. The van der Waals surface area contributed by atoms with Crippen LogP contribution < -0.4 is 10.0 Å². The third-order valence-corrected chi connectivity index (χ3v) is 4.07. The average Bonchev–Trinajstić information content (AvgIpc) is 2.36. The molecule has 0 fully saturated rings. The van der Waals surface area contributed by atoms with Gasteiger partial charge < -0.3 is 10.2 Å². The van der Waals surface area contributed by atoms with Gasteiger partial charge in [-0.05, 0) is 44.8 Å². The zero-order valence-electron chi connectivity index (χ0n) is 11.8. The third kappa shape index (κ3) is 5.59. The predicted molar refractivity (Wildman–Crippen MR) is 79.0 cm³/mol. The van der Waals surface area contributed by atoms with Crippen LogP contribution in [0, 0.1) is 0 Å². The number of hydrogen-bond acceptors (Lipinski definition) is 4. The summed E-state index contributed by atoms with van der Waals surface area (Å²) in [7, 11) is 0.413. The van der Waals surface area contributed by atoms with Crippen molar-refractivity contribution in [3.05, 3.63) is 24.3 Å². The van der Waals surface area contributed by atoms with Gasteiger partial charge in [-0.1, -0.05) is 6.92 Å². The molecule has 0 spiro atoms. The van der Waals surface area contributed by atoms with E-state index in [0.29, 0.717) is 18.0 Å². The molecular weight excluding hydrogens is 262 g/mol. The normalized spacial score (nSPS) is 11.8. The number of benzene rings is 1. The highest BCUT2D eigenvalue weighted by Gasteiger charge is 2.12. The predicted octanol–water partition coefficient (Wildman–Crippen LogP) is 1.35. The molecule has 0 aliphatic heterocycles. The van der Waals surface area contributed by atoms with Crippen LogP contribution in [0.5, 0.6) is 0 Å². The molecule has 108 valence electrons. The van der Waals surface area contributed by atoms with Gasteiger partial charge in [-0.15, -0.1) is 0 Å². The van der Waals surface area contributed by atoms with Gasteiger partial charge >= 0.3 is 0 Å². The van der Waals surface area contributed by atoms with E-state index in [-0.39, 0.29) is 0 Å².